The van der Waals surface area contributed by atoms with Crippen LogP contribution < -0.4 is 0 Å². The van der Waals surface area contributed by atoms with E-state index in [1.165, 1.54) is 5.56 Å². The molecule has 0 atom stereocenters. The molecule has 0 unspecified atom stereocenters. The van der Waals surface area contributed by atoms with Gasteiger partial charge in [0.05, 0.1) is 5.56 Å². The lowest BCUT2D eigenvalue weighted by molar-refractivity contribution is -0.135. The van der Waals surface area contributed by atoms with Crippen LogP contribution >= 0.6 is 0 Å². The van der Waals surface area contributed by atoms with Crippen LogP contribution in [0.4, 0.5) is 0 Å². The summed E-state index contributed by atoms with van der Waals surface area (Å²) >= 11 is 0. The quantitative estimate of drug-likeness (QED) is 0.780. The number of aryl methyl sites for hydroxylation is 1. The van der Waals surface area contributed by atoms with Gasteiger partial charge in [-0.25, -0.2) is 4.79 Å². The lowest BCUT2D eigenvalue weighted by Gasteiger charge is -2.30. The molecule has 1 amide bonds. The molecule has 0 N–H and O–H groups in total. The molecule has 3 rings (SSSR count). The first-order valence-electron chi connectivity index (χ1n) is 9.15. The Morgan fingerprint density at radius 2 is 1.50 bits per heavy atom. The Balaban J connectivity index is 1.55. The molecule has 4 heteroatoms. The number of esters is 1. The van der Waals surface area contributed by atoms with Gasteiger partial charge in [-0.1, -0.05) is 48.9 Å². The predicted octanol–water partition coefficient (Wildman–Crippen LogP) is 4.08. The van der Waals surface area contributed by atoms with Crippen molar-refractivity contribution in [3.8, 4) is 11.1 Å². The van der Waals surface area contributed by atoms with Gasteiger partial charge < -0.3 is 9.64 Å². The minimum absolute atomic E-state index is 0.110. The van der Waals surface area contributed by atoms with Crippen LogP contribution in [-0.2, 0) is 9.53 Å². The zero-order valence-corrected chi connectivity index (χ0v) is 15.4. The average molecular weight is 351 g/mol. The van der Waals surface area contributed by atoms with Crippen molar-refractivity contribution >= 4 is 11.9 Å². The van der Waals surface area contributed by atoms with Crippen LogP contribution in [0.15, 0.2) is 48.5 Å². The molecule has 0 radical (unpaired) electrons. The van der Waals surface area contributed by atoms with E-state index in [2.05, 4.69) is 38.1 Å². The topological polar surface area (TPSA) is 46.6 Å². The van der Waals surface area contributed by atoms with Crippen LogP contribution in [0, 0.1) is 12.8 Å². The van der Waals surface area contributed by atoms with E-state index in [0.717, 1.165) is 37.1 Å². The number of amides is 1. The molecule has 1 saturated heterocycles. The first-order chi connectivity index (χ1) is 12.5. The number of hydrogen-bond acceptors (Lipinski definition) is 3. The van der Waals surface area contributed by atoms with Gasteiger partial charge in [-0.05, 0) is 48.9 Å². The molecule has 1 fully saturated rings. The molecular weight excluding hydrogens is 326 g/mol. The predicted molar refractivity (Wildman–Crippen MR) is 102 cm³/mol. The molecule has 1 aliphatic rings. The first-order valence-corrected chi connectivity index (χ1v) is 9.15. The first kappa shape index (κ1) is 18.2. The minimum Gasteiger partial charge on any atom is -0.452 e. The summed E-state index contributed by atoms with van der Waals surface area (Å²) < 4.78 is 5.20. The normalized spacial score (nSPS) is 14.9. The zero-order valence-electron chi connectivity index (χ0n) is 15.4. The Bertz CT molecular complexity index is 757. The third-order valence-corrected chi connectivity index (χ3v) is 4.97. The summed E-state index contributed by atoms with van der Waals surface area (Å²) in [5, 5.41) is 0. The number of nitrogens with zero attached hydrogens (tertiary/aromatic N) is 1. The fraction of sp³-hybridized carbons (Fsp3) is 0.364. The largest absolute Gasteiger partial charge is 0.452 e. The summed E-state index contributed by atoms with van der Waals surface area (Å²) in [5.74, 6) is 0.0920. The van der Waals surface area contributed by atoms with Crippen LogP contribution in [0.1, 0.15) is 35.7 Å². The number of piperidine rings is 1. The van der Waals surface area contributed by atoms with E-state index in [9.17, 15) is 9.59 Å². The summed E-state index contributed by atoms with van der Waals surface area (Å²) in [4.78, 5) is 26.1. The van der Waals surface area contributed by atoms with Crippen molar-refractivity contribution < 1.29 is 14.3 Å². The fourth-order valence-corrected chi connectivity index (χ4v) is 3.10. The Kier molecular flexibility index (Phi) is 5.71. The van der Waals surface area contributed by atoms with Crippen molar-refractivity contribution in [2.75, 3.05) is 19.7 Å². The second kappa shape index (κ2) is 8.17. The minimum atomic E-state index is -0.459. The maximum atomic E-state index is 12.2. The summed E-state index contributed by atoms with van der Waals surface area (Å²) in [6, 6.07) is 15.5. The van der Waals surface area contributed by atoms with E-state index in [1.54, 1.807) is 17.0 Å². The van der Waals surface area contributed by atoms with Gasteiger partial charge in [0.2, 0.25) is 0 Å². The van der Waals surface area contributed by atoms with Gasteiger partial charge in [0.15, 0.2) is 6.61 Å². The molecule has 1 aliphatic heterocycles. The van der Waals surface area contributed by atoms with E-state index in [-0.39, 0.29) is 12.5 Å². The molecule has 0 spiro atoms. The van der Waals surface area contributed by atoms with E-state index in [1.807, 2.05) is 12.1 Å². The fourth-order valence-electron chi connectivity index (χ4n) is 3.10. The highest BCUT2D eigenvalue weighted by Crippen LogP contribution is 2.21. The summed E-state index contributed by atoms with van der Waals surface area (Å²) in [6.45, 7) is 5.56. The molecule has 2 aromatic rings. The molecule has 0 saturated carbocycles. The molecule has 0 bridgehead atoms. The number of carbonyl (C=O) groups is 2. The molecular formula is C22H25NO3. The number of hydrogen-bond donors (Lipinski definition) is 0. The average Bonchev–Trinajstić information content (AvgIpc) is 2.67. The van der Waals surface area contributed by atoms with Gasteiger partial charge in [-0.15, -0.1) is 0 Å². The van der Waals surface area contributed by atoms with Crippen molar-refractivity contribution in [2.24, 2.45) is 5.92 Å². The van der Waals surface area contributed by atoms with Gasteiger partial charge >= 0.3 is 5.97 Å². The Morgan fingerprint density at radius 1 is 0.962 bits per heavy atom. The molecule has 1 heterocycles. The Morgan fingerprint density at radius 3 is 2.08 bits per heavy atom. The van der Waals surface area contributed by atoms with Crippen molar-refractivity contribution in [3.63, 3.8) is 0 Å². The van der Waals surface area contributed by atoms with Crippen molar-refractivity contribution in [1.29, 1.82) is 0 Å². The number of ether oxygens (including phenoxy) is 1. The highest BCUT2D eigenvalue weighted by atomic mass is 16.5. The number of carbonyl (C=O) groups excluding carboxylic acids is 2. The monoisotopic (exact) mass is 351 g/mol. The van der Waals surface area contributed by atoms with Gasteiger partial charge in [-0.2, -0.15) is 0 Å². The van der Waals surface area contributed by atoms with Crippen LogP contribution in [0.5, 0.6) is 0 Å². The third-order valence-electron chi connectivity index (χ3n) is 4.97. The third kappa shape index (κ3) is 4.51. The van der Waals surface area contributed by atoms with Crippen LogP contribution in [0.3, 0.4) is 0 Å². The van der Waals surface area contributed by atoms with Gasteiger partial charge in [0.25, 0.3) is 5.91 Å². The molecule has 4 nitrogen and oxygen atoms in total. The van der Waals surface area contributed by atoms with E-state index in [0.29, 0.717) is 11.5 Å². The summed E-state index contributed by atoms with van der Waals surface area (Å²) in [6.07, 6.45) is 2.03. The number of rotatable bonds is 4. The number of likely N-dealkylation sites (tertiary alicyclic amines) is 1. The Labute approximate surface area is 154 Å². The number of benzene rings is 2. The van der Waals surface area contributed by atoms with Crippen molar-refractivity contribution in [3.05, 3.63) is 59.7 Å². The van der Waals surface area contributed by atoms with E-state index < -0.39 is 5.97 Å². The smallest absolute Gasteiger partial charge is 0.338 e. The maximum Gasteiger partial charge on any atom is 0.338 e. The maximum absolute atomic E-state index is 12.2. The van der Waals surface area contributed by atoms with E-state index >= 15 is 0 Å². The van der Waals surface area contributed by atoms with Gasteiger partial charge in [0.1, 0.15) is 0 Å². The SMILES string of the molecule is Cc1ccc(-c2ccc(C(=O)OCC(=O)N3CCC(C)CC3)cc2)cc1. The highest BCUT2D eigenvalue weighted by molar-refractivity contribution is 5.91. The summed E-state index contributed by atoms with van der Waals surface area (Å²) in [5.41, 5.74) is 3.81. The molecule has 2 aromatic carbocycles. The lowest BCUT2D eigenvalue weighted by atomic mass is 9.99. The Hall–Kier alpha value is -2.62. The van der Waals surface area contributed by atoms with Crippen molar-refractivity contribution in [1.82, 2.24) is 4.90 Å². The standard InChI is InChI=1S/C22H25NO3/c1-16-3-5-18(6-4-16)19-7-9-20(10-8-19)22(25)26-15-21(24)23-13-11-17(2)12-14-23/h3-10,17H,11-15H2,1-2H3. The van der Waals surface area contributed by atoms with Crippen LogP contribution in [-0.4, -0.2) is 36.5 Å². The molecule has 0 aliphatic carbocycles. The van der Waals surface area contributed by atoms with Crippen LogP contribution in [0.25, 0.3) is 11.1 Å². The van der Waals surface area contributed by atoms with Crippen molar-refractivity contribution in [2.45, 2.75) is 26.7 Å². The molecule has 136 valence electrons. The second-order valence-electron chi connectivity index (χ2n) is 7.08. The molecule has 0 aromatic heterocycles. The highest BCUT2D eigenvalue weighted by Gasteiger charge is 2.21. The van der Waals surface area contributed by atoms with Crippen LogP contribution in [0.2, 0.25) is 0 Å². The van der Waals surface area contributed by atoms with Gasteiger partial charge in [-0.3, -0.25) is 4.79 Å². The zero-order chi connectivity index (χ0) is 18.5. The summed E-state index contributed by atoms with van der Waals surface area (Å²) in [7, 11) is 0. The lowest BCUT2D eigenvalue weighted by Crippen LogP contribution is -2.40. The van der Waals surface area contributed by atoms with Gasteiger partial charge in [0, 0.05) is 13.1 Å². The molecule has 26 heavy (non-hydrogen) atoms. The van der Waals surface area contributed by atoms with E-state index in [4.69, 9.17) is 4.74 Å². The second-order valence-corrected chi connectivity index (χ2v) is 7.08.